The number of halogens is 1. The molecule has 0 amide bonds. The standard InChI is InChI=1S/C20H25FN6/c1-15-16(13-27(24-15)18-9-7-17(21)8-10-18)12-23-20(22-2)26(4)14-19-6-5-11-25(19)3/h5-11,13H,12,14H2,1-4H3,(H,22,23). The van der Waals surface area contributed by atoms with Gasteiger partial charge < -0.3 is 14.8 Å². The topological polar surface area (TPSA) is 50.4 Å². The van der Waals surface area contributed by atoms with Crippen LogP contribution in [0.25, 0.3) is 5.69 Å². The van der Waals surface area contributed by atoms with Gasteiger partial charge in [-0.05, 0) is 43.3 Å². The van der Waals surface area contributed by atoms with Crippen LogP contribution in [0.5, 0.6) is 0 Å². The molecule has 0 fully saturated rings. The number of nitrogens with zero attached hydrogens (tertiary/aromatic N) is 5. The molecule has 2 aromatic heterocycles. The van der Waals surface area contributed by atoms with Gasteiger partial charge in [-0.25, -0.2) is 9.07 Å². The normalized spacial score (nSPS) is 11.7. The first-order valence-corrected chi connectivity index (χ1v) is 8.81. The summed E-state index contributed by atoms with van der Waals surface area (Å²) in [4.78, 5) is 6.45. The van der Waals surface area contributed by atoms with E-state index in [-0.39, 0.29) is 5.82 Å². The molecule has 0 aliphatic heterocycles. The molecule has 2 heterocycles. The minimum Gasteiger partial charge on any atom is -0.353 e. The Morgan fingerprint density at radius 3 is 2.63 bits per heavy atom. The van der Waals surface area contributed by atoms with E-state index in [0.717, 1.165) is 29.4 Å². The SMILES string of the molecule is CN=C(NCc1cn(-c2ccc(F)cc2)nc1C)N(C)Cc1cccn1C. The second-order valence-corrected chi connectivity index (χ2v) is 6.53. The van der Waals surface area contributed by atoms with Crippen LogP contribution in [-0.2, 0) is 20.1 Å². The molecule has 0 spiro atoms. The van der Waals surface area contributed by atoms with Crippen molar-refractivity contribution in [2.45, 2.75) is 20.0 Å². The maximum atomic E-state index is 13.1. The number of aryl methyl sites for hydroxylation is 2. The predicted molar refractivity (Wildman–Crippen MR) is 105 cm³/mol. The van der Waals surface area contributed by atoms with Crippen LogP contribution in [0, 0.1) is 12.7 Å². The average molecular weight is 368 g/mol. The Hall–Kier alpha value is -3.09. The molecule has 0 unspecified atom stereocenters. The summed E-state index contributed by atoms with van der Waals surface area (Å²) in [5, 5.41) is 7.91. The molecule has 7 heteroatoms. The number of hydrogen-bond acceptors (Lipinski definition) is 2. The molecule has 0 saturated heterocycles. The van der Waals surface area contributed by atoms with Crippen LogP contribution in [0.3, 0.4) is 0 Å². The first kappa shape index (κ1) is 18.7. The highest BCUT2D eigenvalue weighted by atomic mass is 19.1. The molecule has 142 valence electrons. The zero-order valence-corrected chi connectivity index (χ0v) is 16.1. The molecule has 1 N–H and O–H groups in total. The highest BCUT2D eigenvalue weighted by Crippen LogP contribution is 2.13. The fraction of sp³-hybridized carbons (Fsp3) is 0.300. The second kappa shape index (κ2) is 8.07. The van der Waals surface area contributed by atoms with Crippen molar-refractivity contribution in [1.82, 2.24) is 24.6 Å². The maximum Gasteiger partial charge on any atom is 0.194 e. The molecule has 0 radical (unpaired) electrons. The highest BCUT2D eigenvalue weighted by molar-refractivity contribution is 5.79. The summed E-state index contributed by atoms with van der Waals surface area (Å²) in [6, 6.07) is 10.4. The molecule has 1 aromatic carbocycles. The van der Waals surface area contributed by atoms with Crippen molar-refractivity contribution < 1.29 is 4.39 Å². The summed E-state index contributed by atoms with van der Waals surface area (Å²) in [5.41, 5.74) is 4.02. The van der Waals surface area contributed by atoms with E-state index in [1.165, 1.54) is 17.8 Å². The van der Waals surface area contributed by atoms with Crippen LogP contribution in [-0.4, -0.2) is 39.3 Å². The van der Waals surface area contributed by atoms with Gasteiger partial charge in [-0.15, -0.1) is 0 Å². The quantitative estimate of drug-likeness (QED) is 0.557. The van der Waals surface area contributed by atoms with E-state index in [0.29, 0.717) is 6.54 Å². The van der Waals surface area contributed by atoms with Crippen LogP contribution >= 0.6 is 0 Å². The third kappa shape index (κ3) is 4.36. The van der Waals surface area contributed by atoms with Crippen molar-refractivity contribution in [1.29, 1.82) is 0 Å². The monoisotopic (exact) mass is 368 g/mol. The maximum absolute atomic E-state index is 13.1. The summed E-state index contributed by atoms with van der Waals surface area (Å²) in [7, 11) is 5.82. The average Bonchev–Trinajstić information content (AvgIpc) is 3.22. The van der Waals surface area contributed by atoms with Gasteiger partial charge in [0.25, 0.3) is 0 Å². The number of guanidine groups is 1. The van der Waals surface area contributed by atoms with E-state index in [2.05, 4.69) is 30.9 Å². The third-order valence-electron chi connectivity index (χ3n) is 4.55. The molecule has 6 nitrogen and oxygen atoms in total. The minimum atomic E-state index is -0.255. The van der Waals surface area contributed by atoms with Crippen molar-refractivity contribution in [2.24, 2.45) is 12.0 Å². The van der Waals surface area contributed by atoms with Crippen molar-refractivity contribution in [3.05, 3.63) is 71.6 Å². The lowest BCUT2D eigenvalue weighted by atomic mass is 10.2. The number of aliphatic imine (C=N–C) groups is 1. The molecular formula is C20H25FN6. The zero-order chi connectivity index (χ0) is 19.4. The molecular weight excluding hydrogens is 343 g/mol. The van der Waals surface area contributed by atoms with E-state index in [1.807, 2.05) is 39.5 Å². The van der Waals surface area contributed by atoms with E-state index < -0.39 is 0 Å². The van der Waals surface area contributed by atoms with Crippen LogP contribution in [0.4, 0.5) is 4.39 Å². The highest BCUT2D eigenvalue weighted by Gasteiger charge is 2.11. The van der Waals surface area contributed by atoms with Gasteiger partial charge in [-0.1, -0.05) is 0 Å². The number of hydrogen-bond donors (Lipinski definition) is 1. The molecule has 0 bridgehead atoms. The predicted octanol–water partition coefficient (Wildman–Crippen LogP) is 2.87. The summed E-state index contributed by atoms with van der Waals surface area (Å²) in [6.07, 6.45) is 3.99. The van der Waals surface area contributed by atoms with Crippen LogP contribution in [0.15, 0.2) is 53.8 Å². The van der Waals surface area contributed by atoms with E-state index in [4.69, 9.17) is 0 Å². The number of aromatic nitrogens is 3. The fourth-order valence-electron chi connectivity index (χ4n) is 2.93. The summed E-state index contributed by atoms with van der Waals surface area (Å²) in [5.74, 6) is 0.555. The molecule has 0 aliphatic carbocycles. The Morgan fingerprint density at radius 1 is 1.26 bits per heavy atom. The largest absolute Gasteiger partial charge is 0.353 e. The van der Waals surface area contributed by atoms with Crippen LogP contribution in [0.1, 0.15) is 17.0 Å². The van der Waals surface area contributed by atoms with E-state index in [1.54, 1.807) is 23.9 Å². The van der Waals surface area contributed by atoms with Gasteiger partial charge in [0.15, 0.2) is 5.96 Å². The molecule has 3 rings (SSSR count). The molecule has 0 atom stereocenters. The number of nitrogens with one attached hydrogen (secondary N) is 1. The lowest BCUT2D eigenvalue weighted by Gasteiger charge is -2.22. The Balaban J connectivity index is 1.66. The molecule has 27 heavy (non-hydrogen) atoms. The fourth-order valence-corrected chi connectivity index (χ4v) is 2.93. The van der Waals surface area contributed by atoms with Crippen molar-refractivity contribution in [3.63, 3.8) is 0 Å². The van der Waals surface area contributed by atoms with Crippen molar-refractivity contribution >= 4 is 5.96 Å². The Labute approximate surface area is 158 Å². The minimum absolute atomic E-state index is 0.255. The van der Waals surface area contributed by atoms with Crippen molar-refractivity contribution in [2.75, 3.05) is 14.1 Å². The molecule has 0 saturated carbocycles. The Morgan fingerprint density at radius 2 is 2.00 bits per heavy atom. The van der Waals surface area contributed by atoms with Crippen LogP contribution < -0.4 is 5.32 Å². The van der Waals surface area contributed by atoms with Crippen molar-refractivity contribution in [3.8, 4) is 5.69 Å². The Bertz CT molecular complexity index is 922. The van der Waals surface area contributed by atoms with Gasteiger partial charge in [0, 0.05) is 51.3 Å². The van der Waals surface area contributed by atoms with Gasteiger partial charge in [0.05, 0.1) is 17.9 Å². The zero-order valence-electron chi connectivity index (χ0n) is 16.1. The number of benzene rings is 1. The molecule has 0 aliphatic rings. The van der Waals surface area contributed by atoms with E-state index >= 15 is 0 Å². The second-order valence-electron chi connectivity index (χ2n) is 6.53. The summed E-state index contributed by atoms with van der Waals surface area (Å²) >= 11 is 0. The third-order valence-corrected chi connectivity index (χ3v) is 4.55. The summed E-state index contributed by atoms with van der Waals surface area (Å²) < 4.78 is 17.0. The Kier molecular flexibility index (Phi) is 5.59. The van der Waals surface area contributed by atoms with Gasteiger partial charge in [0.1, 0.15) is 5.82 Å². The summed E-state index contributed by atoms with van der Waals surface area (Å²) in [6.45, 7) is 3.33. The van der Waals surface area contributed by atoms with Gasteiger partial charge in [-0.2, -0.15) is 5.10 Å². The first-order chi connectivity index (χ1) is 13.0. The number of rotatable bonds is 5. The molecule has 3 aromatic rings. The van der Waals surface area contributed by atoms with Crippen LogP contribution in [0.2, 0.25) is 0 Å². The lowest BCUT2D eigenvalue weighted by molar-refractivity contribution is 0.461. The van der Waals surface area contributed by atoms with Gasteiger partial charge in [0.2, 0.25) is 0 Å². The van der Waals surface area contributed by atoms with Gasteiger partial charge >= 0.3 is 0 Å². The van der Waals surface area contributed by atoms with Gasteiger partial charge in [-0.3, -0.25) is 4.99 Å². The smallest absolute Gasteiger partial charge is 0.194 e. The van der Waals surface area contributed by atoms with E-state index in [9.17, 15) is 4.39 Å². The lowest BCUT2D eigenvalue weighted by Crippen LogP contribution is -2.38. The first-order valence-electron chi connectivity index (χ1n) is 8.81.